The van der Waals surface area contributed by atoms with Crippen molar-refractivity contribution in [2.45, 2.75) is 18.4 Å². The quantitative estimate of drug-likeness (QED) is 0.807. The van der Waals surface area contributed by atoms with Crippen molar-refractivity contribution < 1.29 is 14.3 Å². The van der Waals surface area contributed by atoms with E-state index in [-0.39, 0.29) is 5.91 Å². The van der Waals surface area contributed by atoms with Crippen LogP contribution < -0.4 is 16.4 Å². The third-order valence-electron chi connectivity index (χ3n) is 4.89. The van der Waals surface area contributed by atoms with Crippen LogP contribution in [0.25, 0.3) is 0 Å². The number of carbonyl (C=O) groups excluding carboxylic acids is 2. The molecule has 1 aromatic rings. The van der Waals surface area contributed by atoms with Gasteiger partial charge in [-0.1, -0.05) is 0 Å². The molecule has 3 rings (SSSR count). The van der Waals surface area contributed by atoms with Crippen LogP contribution in [-0.4, -0.2) is 61.6 Å². The molecule has 130 valence electrons. The zero-order chi connectivity index (χ0) is 17.2. The molecule has 0 spiro atoms. The molecule has 4 N–H and O–H groups in total. The molecule has 0 atom stereocenters. The van der Waals surface area contributed by atoms with E-state index in [4.69, 9.17) is 16.2 Å². The number of nitrogens with two attached hydrogens (primary N) is 2. The van der Waals surface area contributed by atoms with Crippen molar-refractivity contribution in [2.24, 2.45) is 11.5 Å². The number of piperazine rings is 1. The molecule has 2 amide bonds. The Labute approximate surface area is 141 Å². The number of nitrogens with zero attached hydrogens (tertiary/aromatic N) is 2. The van der Waals surface area contributed by atoms with E-state index >= 15 is 0 Å². The van der Waals surface area contributed by atoms with Crippen LogP contribution in [0.5, 0.6) is 0 Å². The lowest BCUT2D eigenvalue weighted by Crippen LogP contribution is -2.61. The highest BCUT2D eigenvalue weighted by atomic mass is 16.5. The average Bonchev–Trinajstić information content (AvgIpc) is 2.62. The van der Waals surface area contributed by atoms with E-state index < -0.39 is 11.4 Å². The molecular formula is C17H24N4O3. The summed E-state index contributed by atoms with van der Waals surface area (Å²) in [6.45, 7) is 3.89. The zero-order valence-electron chi connectivity index (χ0n) is 13.7. The van der Waals surface area contributed by atoms with Gasteiger partial charge in [-0.05, 0) is 37.1 Å². The highest BCUT2D eigenvalue weighted by molar-refractivity contribution is 5.93. The normalized spacial score (nSPS) is 20.7. The third-order valence-corrected chi connectivity index (χ3v) is 4.89. The molecule has 7 heteroatoms. The van der Waals surface area contributed by atoms with Gasteiger partial charge in [-0.3, -0.25) is 9.59 Å². The first-order chi connectivity index (χ1) is 11.5. The zero-order valence-corrected chi connectivity index (χ0v) is 13.7. The van der Waals surface area contributed by atoms with Crippen LogP contribution in [0.15, 0.2) is 24.3 Å². The molecule has 2 saturated heterocycles. The van der Waals surface area contributed by atoms with Gasteiger partial charge >= 0.3 is 0 Å². The predicted molar refractivity (Wildman–Crippen MR) is 90.7 cm³/mol. The van der Waals surface area contributed by atoms with Crippen molar-refractivity contribution in [3.05, 3.63) is 29.8 Å². The highest BCUT2D eigenvalue weighted by Gasteiger charge is 2.39. The molecule has 2 aliphatic heterocycles. The second-order valence-electron chi connectivity index (χ2n) is 6.46. The fourth-order valence-corrected chi connectivity index (χ4v) is 3.27. The Kier molecular flexibility index (Phi) is 4.73. The highest BCUT2D eigenvalue weighted by Crippen LogP contribution is 2.23. The lowest BCUT2D eigenvalue weighted by Gasteiger charge is -2.41. The van der Waals surface area contributed by atoms with Gasteiger partial charge in [0.05, 0.1) is 5.54 Å². The number of benzene rings is 1. The Hall–Kier alpha value is -2.12. The largest absolute Gasteiger partial charge is 0.381 e. The lowest BCUT2D eigenvalue weighted by atomic mass is 9.89. The van der Waals surface area contributed by atoms with Crippen molar-refractivity contribution >= 4 is 17.5 Å². The lowest BCUT2D eigenvalue weighted by molar-refractivity contribution is -0.140. The van der Waals surface area contributed by atoms with E-state index in [2.05, 4.69) is 4.90 Å². The molecule has 2 heterocycles. The smallest absolute Gasteiger partial charge is 0.248 e. The SMILES string of the molecule is NC(=O)c1ccc(N2CCN(C(=O)C3(N)CCOCC3)CC2)cc1. The summed E-state index contributed by atoms with van der Waals surface area (Å²) in [5.74, 6) is -0.392. The minimum absolute atomic E-state index is 0.0366. The molecule has 7 nitrogen and oxygen atoms in total. The maximum Gasteiger partial charge on any atom is 0.248 e. The van der Waals surface area contributed by atoms with E-state index in [1.807, 2.05) is 17.0 Å². The van der Waals surface area contributed by atoms with Gasteiger partial charge in [-0.2, -0.15) is 0 Å². The molecule has 0 saturated carbocycles. The van der Waals surface area contributed by atoms with Crippen molar-refractivity contribution in [1.82, 2.24) is 4.90 Å². The first-order valence-corrected chi connectivity index (χ1v) is 8.30. The first kappa shape index (κ1) is 16.7. The summed E-state index contributed by atoms with van der Waals surface area (Å²) < 4.78 is 5.31. The van der Waals surface area contributed by atoms with Crippen molar-refractivity contribution in [3.8, 4) is 0 Å². The minimum atomic E-state index is -0.774. The van der Waals surface area contributed by atoms with E-state index in [1.54, 1.807) is 12.1 Å². The van der Waals surface area contributed by atoms with E-state index in [0.29, 0.717) is 44.7 Å². The average molecular weight is 332 g/mol. The summed E-state index contributed by atoms with van der Waals surface area (Å²) >= 11 is 0. The Balaban J connectivity index is 1.59. The fourth-order valence-electron chi connectivity index (χ4n) is 3.27. The van der Waals surface area contributed by atoms with Gasteiger partial charge < -0.3 is 26.0 Å². The topological polar surface area (TPSA) is 102 Å². The predicted octanol–water partition coefficient (Wildman–Crippen LogP) is -0.0580. The van der Waals surface area contributed by atoms with Gasteiger partial charge in [0.2, 0.25) is 11.8 Å². The van der Waals surface area contributed by atoms with Crippen LogP contribution in [0, 0.1) is 0 Å². The molecule has 0 unspecified atom stereocenters. The number of hydrogen-bond acceptors (Lipinski definition) is 5. The molecular weight excluding hydrogens is 308 g/mol. The summed E-state index contributed by atoms with van der Waals surface area (Å²) in [5, 5.41) is 0. The maximum atomic E-state index is 12.7. The minimum Gasteiger partial charge on any atom is -0.381 e. The summed E-state index contributed by atoms with van der Waals surface area (Å²) in [6.07, 6.45) is 1.17. The van der Waals surface area contributed by atoms with E-state index in [0.717, 1.165) is 18.8 Å². The van der Waals surface area contributed by atoms with Gasteiger partial charge in [0.15, 0.2) is 0 Å². The van der Waals surface area contributed by atoms with Crippen LogP contribution in [0.3, 0.4) is 0 Å². The van der Waals surface area contributed by atoms with Crippen LogP contribution in [0.4, 0.5) is 5.69 Å². The van der Waals surface area contributed by atoms with E-state index in [9.17, 15) is 9.59 Å². The molecule has 2 aliphatic rings. The summed E-state index contributed by atoms with van der Waals surface area (Å²) in [7, 11) is 0. The van der Waals surface area contributed by atoms with Crippen LogP contribution in [0.1, 0.15) is 23.2 Å². The number of anilines is 1. The third kappa shape index (κ3) is 3.37. The fraction of sp³-hybridized carbons (Fsp3) is 0.529. The number of ether oxygens (including phenoxy) is 1. The second-order valence-corrected chi connectivity index (χ2v) is 6.46. The molecule has 0 bridgehead atoms. The van der Waals surface area contributed by atoms with Crippen molar-refractivity contribution in [3.63, 3.8) is 0 Å². The molecule has 0 aromatic heterocycles. The number of rotatable bonds is 3. The van der Waals surface area contributed by atoms with Gasteiger partial charge in [-0.25, -0.2) is 0 Å². The first-order valence-electron chi connectivity index (χ1n) is 8.30. The Morgan fingerprint density at radius 3 is 2.12 bits per heavy atom. The van der Waals surface area contributed by atoms with Gasteiger partial charge in [0.25, 0.3) is 0 Å². The number of hydrogen-bond donors (Lipinski definition) is 2. The Bertz CT molecular complexity index is 603. The van der Waals surface area contributed by atoms with Crippen molar-refractivity contribution in [1.29, 1.82) is 0 Å². The Morgan fingerprint density at radius 1 is 1.00 bits per heavy atom. The Morgan fingerprint density at radius 2 is 1.58 bits per heavy atom. The van der Waals surface area contributed by atoms with Gasteiger partial charge in [0, 0.05) is 50.6 Å². The summed E-state index contributed by atoms with van der Waals surface area (Å²) in [4.78, 5) is 27.9. The van der Waals surface area contributed by atoms with Crippen LogP contribution in [-0.2, 0) is 9.53 Å². The maximum absolute atomic E-state index is 12.7. The van der Waals surface area contributed by atoms with E-state index in [1.165, 1.54) is 0 Å². The molecule has 1 aromatic carbocycles. The molecule has 0 radical (unpaired) electrons. The molecule has 24 heavy (non-hydrogen) atoms. The number of amides is 2. The summed E-state index contributed by atoms with van der Waals surface area (Å²) in [5.41, 5.74) is 12.3. The van der Waals surface area contributed by atoms with Crippen LogP contribution >= 0.6 is 0 Å². The standard InChI is InChI=1S/C17H24N4O3/c18-15(22)13-1-3-14(4-2-13)20-7-9-21(10-8-20)16(23)17(19)5-11-24-12-6-17/h1-4H,5-12,19H2,(H2,18,22). The van der Waals surface area contributed by atoms with Crippen LogP contribution in [0.2, 0.25) is 0 Å². The summed E-state index contributed by atoms with van der Waals surface area (Å²) in [6, 6.07) is 7.24. The molecule has 2 fully saturated rings. The number of primary amides is 1. The van der Waals surface area contributed by atoms with Gasteiger partial charge in [0.1, 0.15) is 0 Å². The monoisotopic (exact) mass is 332 g/mol. The van der Waals surface area contributed by atoms with Crippen molar-refractivity contribution in [2.75, 3.05) is 44.3 Å². The van der Waals surface area contributed by atoms with Gasteiger partial charge in [-0.15, -0.1) is 0 Å². The molecule has 0 aliphatic carbocycles. The second kappa shape index (κ2) is 6.78. The number of carbonyl (C=O) groups is 2.